The number of rotatable bonds is 4. The zero-order valence-electron chi connectivity index (χ0n) is 16.2. The van der Waals surface area contributed by atoms with Crippen molar-refractivity contribution < 1.29 is 13.5 Å². The lowest BCUT2D eigenvalue weighted by molar-refractivity contribution is 0.296. The number of hydrogen-bond donors (Lipinski definition) is 2. The third-order valence-electron chi connectivity index (χ3n) is 5.16. The van der Waals surface area contributed by atoms with Crippen LogP contribution in [0.5, 0.6) is 5.75 Å². The standard InChI is InChI=1S/C18H29N5O3S.HI/c1-19-18(20-6-7-21-12-14-27(25,26)15-13-21)23-10-8-22(9-11-23)16-4-2-3-5-17(16)24;/h2-5,24H,6-15H2,1H3,(H,19,20);1H. The molecule has 0 unspecified atom stereocenters. The van der Waals surface area contributed by atoms with Crippen LogP contribution in [0.3, 0.4) is 0 Å². The van der Waals surface area contributed by atoms with Gasteiger partial charge in [-0.1, -0.05) is 12.1 Å². The van der Waals surface area contributed by atoms with Crippen molar-refractivity contribution >= 4 is 45.5 Å². The highest BCUT2D eigenvalue weighted by Gasteiger charge is 2.23. The molecule has 8 nitrogen and oxygen atoms in total. The number of aliphatic imine (C=N–C) groups is 1. The maximum Gasteiger partial charge on any atom is 0.193 e. The summed E-state index contributed by atoms with van der Waals surface area (Å²) in [6.45, 7) is 6.08. The molecule has 0 atom stereocenters. The van der Waals surface area contributed by atoms with E-state index in [1.807, 2.05) is 18.2 Å². The quantitative estimate of drug-likeness (QED) is 0.337. The summed E-state index contributed by atoms with van der Waals surface area (Å²) in [6, 6.07) is 7.43. The Kier molecular flexibility index (Phi) is 8.62. The summed E-state index contributed by atoms with van der Waals surface area (Å²) >= 11 is 0. The number of nitrogens with one attached hydrogen (secondary N) is 1. The number of sulfone groups is 1. The molecule has 0 radical (unpaired) electrons. The fraction of sp³-hybridized carbons (Fsp3) is 0.611. The maximum absolute atomic E-state index is 11.5. The highest BCUT2D eigenvalue weighted by molar-refractivity contribution is 14.0. The van der Waals surface area contributed by atoms with Crippen LogP contribution in [0.15, 0.2) is 29.3 Å². The van der Waals surface area contributed by atoms with Crippen molar-refractivity contribution in [1.82, 2.24) is 15.1 Å². The van der Waals surface area contributed by atoms with Crippen LogP contribution in [0, 0.1) is 0 Å². The highest BCUT2D eigenvalue weighted by Crippen LogP contribution is 2.27. The fourth-order valence-corrected chi connectivity index (χ4v) is 4.80. The summed E-state index contributed by atoms with van der Waals surface area (Å²) in [5.74, 6) is 1.71. The summed E-state index contributed by atoms with van der Waals surface area (Å²) in [5, 5.41) is 13.4. The SMILES string of the molecule is CN=C(NCCN1CCS(=O)(=O)CC1)N1CCN(c2ccccc2O)CC1.I. The third-order valence-corrected chi connectivity index (χ3v) is 6.77. The van der Waals surface area contributed by atoms with Crippen LogP contribution in [0.2, 0.25) is 0 Å². The second kappa shape index (κ2) is 10.5. The van der Waals surface area contributed by atoms with Crippen LogP contribution in [-0.4, -0.2) is 100 Å². The van der Waals surface area contributed by atoms with Gasteiger partial charge in [0.2, 0.25) is 0 Å². The van der Waals surface area contributed by atoms with E-state index in [1.54, 1.807) is 13.1 Å². The summed E-state index contributed by atoms with van der Waals surface area (Å²) in [6.07, 6.45) is 0. The van der Waals surface area contributed by atoms with Crippen molar-refractivity contribution in [2.24, 2.45) is 4.99 Å². The molecule has 2 aliphatic heterocycles. The molecule has 0 saturated carbocycles. The Morgan fingerprint density at radius 2 is 1.75 bits per heavy atom. The molecule has 0 spiro atoms. The number of aromatic hydroxyl groups is 1. The zero-order valence-corrected chi connectivity index (χ0v) is 19.4. The number of hydrogen-bond acceptors (Lipinski definition) is 6. The predicted octanol–water partition coefficient (Wildman–Crippen LogP) is 0.438. The molecule has 0 amide bonds. The molecule has 2 aliphatic rings. The van der Waals surface area contributed by atoms with Crippen LogP contribution in [0.25, 0.3) is 0 Å². The van der Waals surface area contributed by atoms with Crippen molar-refractivity contribution in [2.75, 3.05) is 75.8 Å². The minimum atomic E-state index is -2.83. The van der Waals surface area contributed by atoms with E-state index >= 15 is 0 Å². The average molecular weight is 523 g/mol. The summed E-state index contributed by atoms with van der Waals surface area (Å²) in [5.41, 5.74) is 0.875. The minimum absolute atomic E-state index is 0. The first-order valence-electron chi connectivity index (χ1n) is 9.40. The van der Waals surface area contributed by atoms with Gasteiger partial charge in [-0.15, -0.1) is 24.0 Å². The number of piperazine rings is 1. The Morgan fingerprint density at radius 3 is 2.36 bits per heavy atom. The molecule has 2 N–H and O–H groups in total. The number of halogens is 1. The Morgan fingerprint density at radius 1 is 1.11 bits per heavy atom. The Balaban J connectivity index is 0.00000280. The van der Waals surface area contributed by atoms with Gasteiger partial charge in [-0.25, -0.2) is 8.42 Å². The molecule has 1 aromatic carbocycles. The predicted molar refractivity (Wildman–Crippen MR) is 124 cm³/mol. The summed E-state index contributed by atoms with van der Waals surface area (Å²) < 4.78 is 23.0. The van der Waals surface area contributed by atoms with Crippen molar-refractivity contribution in [3.8, 4) is 5.75 Å². The molecule has 3 rings (SSSR count). The third kappa shape index (κ3) is 6.11. The van der Waals surface area contributed by atoms with Gasteiger partial charge in [-0.3, -0.25) is 9.89 Å². The number of anilines is 1. The van der Waals surface area contributed by atoms with E-state index in [4.69, 9.17) is 0 Å². The van der Waals surface area contributed by atoms with Crippen molar-refractivity contribution in [3.63, 3.8) is 0 Å². The molecular weight excluding hydrogens is 493 g/mol. The molecule has 0 aliphatic carbocycles. The monoisotopic (exact) mass is 523 g/mol. The van der Waals surface area contributed by atoms with E-state index in [2.05, 4.69) is 25.0 Å². The first kappa shape index (κ1) is 23.0. The van der Waals surface area contributed by atoms with Crippen LogP contribution < -0.4 is 10.2 Å². The van der Waals surface area contributed by atoms with Gasteiger partial charge in [0, 0.05) is 59.4 Å². The van der Waals surface area contributed by atoms with E-state index in [0.29, 0.717) is 18.8 Å². The molecular formula is C18H30IN5O3S. The van der Waals surface area contributed by atoms with Crippen molar-refractivity contribution in [1.29, 1.82) is 0 Å². The number of nitrogens with zero attached hydrogens (tertiary/aromatic N) is 4. The molecule has 0 aromatic heterocycles. The molecule has 28 heavy (non-hydrogen) atoms. The first-order valence-corrected chi connectivity index (χ1v) is 11.2. The van der Waals surface area contributed by atoms with Crippen LogP contribution in [0.1, 0.15) is 0 Å². The maximum atomic E-state index is 11.5. The lowest BCUT2D eigenvalue weighted by Gasteiger charge is -2.38. The van der Waals surface area contributed by atoms with Gasteiger partial charge in [0.05, 0.1) is 17.2 Å². The molecule has 2 saturated heterocycles. The summed E-state index contributed by atoms with van der Waals surface area (Å²) in [7, 11) is -1.04. The largest absolute Gasteiger partial charge is 0.506 e. The van der Waals surface area contributed by atoms with Crippen molar-refractivity contribution in [3.05, 3.63) is 24.3 Å². The second-order valence-corrected chi connectivity index (χ2v) is 9.23. The average Bonchev–Trinajstić information content (AvgIpc) is 2.67. The van der Waals surface area contributed by atoms with Gasteiger partial charge in [0.15, 0.2) is 15.8 Å². The molecule has 0 bridgehead atoms. The summed E-state index contributed by atoms with van der Waals surface area (Å²) in [4.78, 5) is 11.0. The van der Waals surface area contributed by atoms with Crippen molar-refractivity contribution in [2.45, 2.75) is 0 Å². The first-order chi connectivity index (χ1) is 13.0. The van der Waals surface area contributed by atoms with E-state index in [0.717, 1.165) is 50.9 Å². The molecule has 10 heteroatoms. The highest BCUT2D eigenvalue weighted by atomic mass is 127. The Labute approximate surface area is 184 Å². The number of guanidine groups is 1. The normalized spacial score (nSPS) is 20.5. The van der Waals surface area contributed by atoms with Gasteiger partial charge in [-0.2, -0.15) is 0 Å². The van der Waals surface area contributed by atoms with E-state index in [9.17, 15) is 13.5 Å². The van der Waals surface area contributed by atoms with Crippen LogP contribution in [0.4, 0.5) is 5.69 Å². The Hall–Kier alpha value is -1.27. The number of phenols is 1. The lowest BCUT2D eigenvalue weighted by atomic mass is 10.2. The molecule has 2 fully saturated rings. The number of para-hydroxylation sites is 2. The van der Waals surface area contributed by atoms with E-state index in [1.165, 1.54) is 0 Å². The van der Waals surface area contributed by atoms with Crippen LogP contribution >= 0.6 is 24.0 Å². The topological polar surface area (TPSA) is 88.5 Å². The minimum Gasteiger partial charge on any atom is -0.506 e. The van der Waals surface area contributed by atoms with Gasteiger partial charge < -0.3 is 20.2 Å². The second-order valence-electron chi connectivity index (χ2n) is 6.93. The fourth-order valence-electron chi connectivity index (χ4n) is 3.52. The molecule has 158 valence electrons. The van der Waals surface area contributed by atoms with Crippen LogP contribution in [-0.2, 0) is 9.84 Å². The number of phenolic OH excluding ortho intramolecular Hbond substituents is 1. The van der Waals surface area contributed by atoms with Gasteiger partial charge >= 0.3 is 0 Å². The smallest absolute Gasteiger partial charge is 0.193 e. The van der Waals surface area contributed by atoms with Gasteiger partial charge in [-0.05, 0) is 12.1 Å². The zero-order chi connectivity index (χ0) is 19.3. The van der Waals surface area contributed by atoms with Gasteiger partial charge in [0.1, 0.15) is 5.75 Å². The molecule has 1 aromatic rings. The number of benzene rings is 1. The Bertz CT molecular complexity index is 752. The van der Waals surface area contributed by atoms with E-state index < -0.39 is 9.84 Å². The lowest BCUT2D eigenvalue weighted by Crippen LogP contribution is -2.53. The molecule has 2 heterocycles. The van der Waals surface area contributed by atoms with Gasteiger partial charge in [0.25, 0.3) is 0 Å². The van der Waals surface area contributed by atoms with E-state index in [-0.39, 0.29) is 35.5 Å².